The van der Waals surface area contributed by atoms with Gasteiger partial charge in [-0.05, 0) is 22.9 Å². The number of hydrogen-bond acceptors (Lipinski definition) is 4. The van der Waals surface area contributed by atoms with Crippen molar-refractivity contribution in [3.8, 4) is 12.1 Å². The first-order chi connectivity index (χ1) is 12.7. The molecule has 118 valence electrons. The van der Waals surface area contributed by atoms with E-state index in [1.807, 2.05) is 12.1 Å². The molecule has 2 aromatic heterocycles. The largest absolute Gasteiger partial charge is 0.465 e. The van der Waals surface area contributed by atoms with Crippen LogP contribution in [-0.4, -0.2) is 0 Å². The van der Waals surface area contributed by atoms with Crippen LogP contribution in [0.4, 0.5) is 0 Å². The number of nitriles is 2. The zero-order valence-electron chi connectivity index (χ0n) is 13.1. The van der Waals surface area contributed by atoms with Crippen molar-refractivity contribution in [3.63, 3.8) is 0 Å². The summed E-state index contributed by atoms with van der Waals surface area (Å²) in [5.74, 6) is 0. The third-order valence-electron chi connectivity index (χ3n) is 4.21. The quantitative estimate of drug-likeness (QED) is 0.461. The Morgan fingerprint density at radius 1 is 0.769 bits per heavy atom. The maximum atomic E-state index is 9.27. The van der Waals surface area contributed by atoms with Crippen molar-refractivity contribution in [2.75, 3.05) is 0 Å². The Hall–Kier alpha value is -4.52. The van der Waals surface area contributed by atoms with Crippen molar-refractivity contribution in [2.24, 2.45) is 0 Å². The highest BCUT2D eigenvalue weighted by Gasteiger charge is 2.14. The van der Waals surface area contributed by atoms with Crippen molar-refractivity contribution in [2.45, 2.75) is 0 Å². The molecule has 0 unspecified atom stereocenters. The van der Waals surface area contributed by atoms with Gasteiger partial charge in [-0.15, -0.1) is 0 Å². The van der Waals surface area contributed by atoms with Gasteiger partial charge in [-0.25, -0.2) is 20.2 Å². The molecule has 6 heteroatoms. The van der Waals surface area contributed by atoms with Gasteiger partial charge in [0.2, 0.25) is 0 Å². The highest BCUT2D eigenvalue weighted by Crippen LogP contribution is 2.29. The Morgan fingerprint density at radius 3 is 1.54 bits per heavy atom. The molecule has 4 rings (SSSR count). The van der Waals surface area contributed by atoms with Crippen LogP contribution in [0.25, 0.3) is 53.8 Å². The van der Waals surface area contributed by atoms with E-state index in [0.29, 0.717) is 32.4 Å². The van der Waals surface area contributed by atoms with Gasteiger partial charge in [-0.3, -0.25) is 0 Å². The minimum atomic E-state index is -0.0713. The molecule has 0 aliphatic heterocycles. The van der Waals surface area contributed by atoms with Crippen LogP contribution in [-0.2, 0) is 0 Å². The maximum Gasteiger partial charge on any atom is 0.272 e. The van der Waals surface area contributed by atoms with E-state index in [1.54, 1.807) is 24.3 Å². The fourth-order valence-corrected chi connectivity index (χ4v) is 3.12. The normalized spacial score (nSPS) is 12.9. The second-order valence-corrected chi connectivity index (χ2v) is 5.41. The van der Waals surface area contributed by atoms with Crippen LogP contribution in [0.3, 0.4) is 0 Å². The highest BCUT2D eigenvalue weighted by atomic mass is 16.3. The first kappa shape index (κ1) is 15.0. The lowest BCUT2D eigenvalue weighted by molar-refractivity contribution is 0.613. The smallest absolute Gasteiger partial charge is 0.272 e. The average Bonchev–Trinajstić information content (AvgIpc) is 3.33. The number of rotatable bonds is 0. The Bertz CT molecular complexity index is 1370. The van der Waals surface area contributed by atoms with Gasteiger partial charge in [0.25, 0.3) is 11.4 Å². The van der Waals surface area contributed by atoms with Crippen LogP contribution in [0.15, 0.2) is 45.6 Å². The van der Waals surface area contributed by atoms with E-state index in [-0.39, 0.29) is 11.4 Å². The predicted octanol–water partition coefficient (Wildman–Crippen LogP) is 3.43. The van der Waals surface area contributed by atoms with Gasteiger partial charge in [-0.1, -0.05) is 12.1 Å². The molecule has 0 atom stereocenters. The second kappa shape index (κ2) is 5.53. The molecule has 26 heavy (non-hydrogen) atoms. The van der Waals surface area contributed by atoms with E-state index in [0.717, 1.165) is 10.8 Å². The fraction of sp³-hybridized carbons (Fsp3) is 0. The molecule has 0 aliphatic carbocycles. The van der Waals surface area contributed by atoms with Crippen LogP contribution in [0.1, 0.15) is 0 Å². The third kappa shape index (κ3) is 1.88. The molecule has 4 aromatic rings. The zero-order chi connectivity index (χ0) is 18.3. The zero-order valence-corrected chi connectivity index (χ0v) is 13.1. The van der Waals surface area contributed by atoms with Crippen LogP contribution < -0.4 is 10.4 Å². The van der Waals surface area contributed by atoms with Gasteiger partial charge < -0.3 is 8.83 Å². The Labute approximate surface area is 146 Å². The first-order valence-electron chi connectivity index (χ1n) is 7.37. The molecule has 0 spiro atoms. The van der Waals surface area contributed by atoms with Crippen LogP contribution in [0.2, 0.25) is 0 Å². The second-order valence-electron chi connectivity index (χ2n) is 5.41. The standard InChI is InChI=1S/C20H6N4O2/c1-23-17(9-21)15-7-13-12-4-6-26-20(12)16(18(10-22)24-2)8-14(13)11-3-5-25-19(11)15/h3-8H/b17-15-,18-16+. The highest BCUT2D eigenvalue weighted by molar-refractivity contribution is 6.16. The molecule has 0 amide bonds. The first-order valence-corrected chi connectivity index (χ1v) is 7.37. The summed E-state index contributed by atoms with van der Waals surface area (Å²) in [5, 5.41) is 22.2. The number of nitrogens with zero attached hydrogens (tertiary/aromatic N) is 4. The SMILES string of the molecule is [C-]#[N+]/C(C#N)=c1/cc2c3ccoc3/c(=C(\C#N)[N+]#[C-])cc2c2ccoc12. The lowest BCUT2D eigenvalue weighted by Gasteiger charge is -2.04. The molecule has 2 aromatic carbocycles. The molecule has 0 saturated heterocycles. The average molecular weight is 334 g/mol. The lowest BCUT2D eigenvalue weighted by atomic mass is 9.99. The number of furan rings is 2. The molecule has 0 radical (unpaired) electrons. The van der Waals surface area contributed by atoms with Gasteiger partial charge >= 0.3 is 0 Å². The maximum absolute atomic E-state index is 9.27. The van der Waals surface area contributed by atoms with Gasteiger partial charge in [0, 0.05) is 21.2 Å². The van der Waals surface area contributed by atoms with E-state index in [4.69, 9.17) is 22.0 Å². The van der Waals surface area contributed by atoms with Gasteiger partial charge in [0.15, 0.2) is 0 Å². The molecule has 6 nitrogen and oxygen atoms in total. The summed E-state index contributed by atoms with van der Waals surface area (Å²) < 4.78 is 11.0. The molecule has 0 aliphatic rings. The molecule has 0 N–H and O–H groups in total. The molecule has 0 bridgehead atoms. The van der Waals surface area contributed by atoms with Crippen LogP contribution in [0.5, 0.6) is 0 Å². The summed E-state index contributed by atoms with van der Waals surface area (Å²) in [5.41, 5.74) is 0.691. The van der Waals surface area contributed by atoms with Crippen LogP contribution >= 0.6 is 0 Å². The molecule has 0 saturated carbocycles. The lowest BCUT2D eigenvalue weighted by Crippen LogP contribution is -2.08. The fourth-order valence-electron chi connectivity index (χ4n) is 3.12. The van der Waals surface area contributed by atoms with Crippen molar-refractivity contribution in [3.05, 3.63) is 70.1 Å². The third-order valence-corrected chi connectivity index (χ3v) is 4.21. The van der Waals surface area contributed by atoms with Crippen molar-refractivity contribution in [1.29, 1.82) is 10.5 Å². The van der Waals surface area contributed by atoms with E-state index >= 15 is 0 Å². The van der Waals surface area contributed by atoms with Crippen molar-refractivity contribution in [1.82, 2.24) is 0 Å². The van der Waals surface area contributed by atoms with E-state index < -0.39 is 0 Å². The monoisotopic (exact) mass is 334 g/mol. The van der Waals surface area contributed by atoms with Gasteiger partial charge in [0.05, 0.1) is 37.8 Å². The van der Waals surface area contributed by atoms with Crippen LogP contribution in [0, 0.1) is 35.8 Å². The van der Waals surface area contributed by atoms with Gasteiger partial charge in [-0.2, -0.15) is 0 Å². The Kier molecular flexibility index (Phi) is 3.20. The molecule has 0 fully saturated rings. The topological polar surface area (TPSA) is 82.6 Å². The van der Waals surface area contributed by atoms with E-state index in [2.05, 4.69) is 9.69 Å². The summed E-state index contributed by atoms with van der Waals surface area (Å²) in [4.78, 5) is 6.58. The number of hydrogen-bond donors (Lipinski definition) is 0. The molecular formula is C20H6N4O2. The van der Waals surface area contributed by atoms with E-state index in [1.165, 1.54) is 12.5 Å². The van der Waals surface area contributed by atoms with Gasteiger partial charge in [0.1, 0.15) is 11.2 Å². The summed E-state index contributed by atoms with van der Waals surface area (Å²) in [6, 6.07) is 10.7. The minimum absolute atomic E-state index is 0.0713. The summed E-state index contributed by atoms with van der Waals surface area (Å²) in [7, 11) is 0. The Balaban J connectivity index is 2.44. The number of benzene rings is 2. The minimum Gasteiger partial charge on any atom is -0.465 e. The van der Waals surface area contributed by atoms with Crippen molar-refractivity contribution >= 4 is 44.1 Å². The molecular weight excluding hydrogens is 328 g/mol. The summed E-state index contributed by atoms with van der Waals surface area (Å²) >= 11 is 0. The number of fused-ring (bicyclic) bond motifs is 5. The van der Waals surface area contributed by atoms with E-state index in [9.17, 15) is 10.5 Å². The predicted molar refractivity (Wildman–Crippen MR) is 94.0 cm³/mol. The summed E-state index contributed by atoms with van der Waals surface area (Å²) in [6.45, 7) is 14.5. The van der Waals surface area contributed by atoms with Crippen molar-refractivity contribution < 1.29 is 8.83 Å². The Morgan fingerprint density at radius 2 is 1.19 bits per heavy atom. The summed E-state index contributed by atoms with van der Waals surface area (Å²) in [6.07, 6.45) is 2.96. The molecule has 2 heterocycles.